The number of benzene rings is 1. The van der Waals surface area contributed by atoms with Crippen LogP contribution in [0, 0.1) is 0 Å². The van der Waals surface area contributed by atoms with Gasteiger partial charge in [0.15, 0.2) is 11.5 Å². The average molecular weight is 266 g/mol. The summed E-state index contributed by atoms with van der Waals surface area (Å²) in [6, 6.07) is 5.93. The Morgan fingerprint density at radius 2 is 2.06 bits per heavy atom. The maximum atomic E-state index is 6.03. The van der Waals surface area contributed by atoms with Crippen LogP contribution in [0.2, 0.25) is 0 Å². The first kappa shape index (κ1) is 13.4. The van der Waals surface area contributed by atoms with Gasteiger partial charge in [0.25, 0.3) is 0 Å². The third-order valence-corrected chi connectivity index (χ3v) is 3.39. The molecule has 18 heavy (non-hydrogen) atoms. The van der Waals surface area contributed by atoms with E-state index in [0.29, 0.717) is 11.9 Å². The van der Waals surface area contributed by atoms with Crippen LogP contribution in [0.5, 0.6) is 11.5 Å². The fraction of sp³-hybridized carbons (Fsp3) is 0.571. The van der Waals surface area contributed by atoms with Crippen molar-refractivity contribution in [3.8, 4) is 11.5 Å². The van der Waals surface area contributed by atoms with Crippen LogP contribution in [0.15, 0.2) is 18.2 Å². The molecule has 0 heterocycles. The highest BCUT2D eigenvalue weighted by Crippen LogP contribution is 2.33. The molecule has 0 unspecified atom stereocenters. The summed E-state index contributed by atoms with van der Waals surface area (Å²) in [7, 11) is 1.67. The molecular formula is C14H20NO2S. The molecule has 99 valence electrons. The zero-order valence-corrected chi connectivity index (χ0v) is 11.6. The second-order valence-electron chi connectivity index (χ2n) is 4.52. The van der Waals surface area contributed by atoms with E-state index in [-0.39, 0.29) is 0 Å². The molecule has 1 N–H and O–H groups in total. The Bertz CT molecular complexity index is 378. The van der Waals surface area contributed by atoms with Crippen LogP contribution in [0.4, 0.5) is 5.69 Å². The number of nitrogens with one attached hydrogen (secondary N) is 1. The largest absolute Gasteiger partial charge is 0.493 e. The van der Waals surface area contributed by atoms with Gasteiger partial charge in [-0.15, -0.1) is 0 Å². The first-order valence-corrected chi connectivity index (χ1v) is 7.08. The van der Waals surface area contributed by atoms with Crippen molar-refractivity contribution in [1.82, 2.24) is 0 Å². The first-order valence-electron chi connectivity index (χ1n) is 6.50. The Kier molecular flexibility index (Phi) is 5.05. The van der Waals surface area contributed by atoms with Gasteiger partial charge in [0.1, 0.15) is 0 Å². The Morgan fingerprint density at radius 1 is 1.28 bits per heavy atom. The van der Waals surface area contributed by atoms with Crippen molar-refractivity contribution in [3.63, 3.8) is 0 Å². The molecule has 2 rings (SSSR count). The lowest BCUT2D eigenvalue weighted by Gasteiger charge is -2.17. The fourth-order valence-corrected chi connectivity index (χ4v) is 2.36. The van der Waals surface area contributed by atoms with Crippen LogP contribution in [-0.4, -0.2) is 25.5 Å². The van der Waals surface area contributed by atoms with E-state index in [1.54, 1.807) is 7.11 Å². The van der Waals surface area contributed by atoms with Crippen molar-refractivity contribution in [2.24, 2.45) is 0 Å². The molecule has 3 nitrogen and oxygen atoms in total. The zero-order chi connectivity index (χ0) is 12.8. The normalized spacial score (nSPS) is 15.7. The Balaban J connectivity index is 2.08. The predicted molar refractivity (Wildman–Crippen MR) is 76.8 cm³/mol. The third kappa shape index (κ3) is 3.48. The topological polar surface area (TPSA) is 30.5 Å². The summed E-state index contributed by atoms with van der Waals surface area (Å²) in [6.07, 6.45) is 5.16. The molecule has 1 radical (unpaired) electrons. The molecule has 1 saturated carbocycles. The van der Waals surface area contributed by atoms with Gasteiger partial charge in [-0.3, -0.25) is 0 Å². The van der Waals surface area contributed by atoms with E-state index in [2.05, 4.69) is 5.32 Å². The van der Waals surface area contributed by atoms with Crippen molar-refractivity contribution in [2.45, 2.75) is 31.8 Å². The molecule has 4 heteroatoms. The summed E-state index contributed by atoms with van der Waals surface area (Å²) in [5.74, 6) is 2.33. The van der Waals surface area contributed by atoms with Crippen LogP contribution in [0.3, 0.4) is 0 Å². The van der Waals surface area contributed by atoms with Gasteiger partial charge in [-0.1, -0.05) is 12.6 Å². The first-order chi connectivity index (χ1) is 8.83. The summed E-state index contributed by atoms with van der Waals surface area (Å²) in [5, 5.41) is 3.27. The summed E-state index contributed by atoms with van der Waals surface area (Å²) in [6.45, 7) is 0.796. The van der Waals surface area contributed by atoms with Gasteiger partial charge in [-0.05, 0) is 37.8 Å². The maximum Gasteiger partial charge on any atom is 0.163 e. The molecule has 0 amide bonds. The molecule has 0 atom stereocenters. The van der Waals surface area contributed by atoms with E-state index < -0.39 is 0 Å². The van der Waals surface area contributed by atoms with Gasteiger partial charge in [-0.25, -0.2) is 0 Å². The molecule has 0 bridgehead atoms. The highest BCUT2D eigenvalue weighted by molar-refractivity contribution is 7.80. The lowest BCUT2D eigenvalue weighted by Crippen LogP contribution is -2.12. The van der Waals surface area contributed by atoms with Gasteiger partial charge >= 0.3 is 0 Å². The SMILES string of the molecule is COc1ccc(NCC[S])cc1OC1CCCC1. The highest BCUT2D eigenvalue weighted by atomic mass is 32.1. The van der Waals surface area contributed by atoms with E-state index in [0.717, 1.165) is 36.6 Å². The second kappa shape index (κ2) is 6.78. The van der Waals surface area contributed by atoms with E-state index in [4.69, 9.17) is 22.1 Å². The van der Waals surface area contributed by atoms with Crippen molar-refractivity contribution in [2.75, 3.05) is 24.7 Å². The van der Waals surface area contributed by atoms with Gasteiger partial charge in [0, 0.05) is 24.1 Å². The summed E-state index contributed by atoms with van der Waals surface area (Å²) >= 11 is 4.93. The number of hydrogen-bond donors (Lipinski definition) is 1. The average Bonchev–Trinajstić information content (AvgIpc) is 2.89. The van der Waals surface area contributed by atoms with Crippen molar-refractivity contribution in [1.29, 1.82) is 0 Å². The molecule has 1 fully saturated rings. The zero-order valence-electron chi connectivity index (χ0n) is 10.8. The summed E-state index contributed by atoms with van der Waals surface area (Å²) in [4.78, 5) is 0. The molecule has 1 aromatic carbocycles. The molecule has 0 aliphatic heterocycles. The monoisotopic (exact) mass is 266 g/mol. The Hall–Kier alpha value is -1.03. The lowest BCUT2D eigenvalue weighted by atomic mass is 10.2. The van der Waals surface area contributed by atoms with Crippen LogP contribution in [0.25, 0.3) is 0 Å². The smallest absolute Gasteiger partial charge is 0.163 e. The maximum absolute atomic E-state index is 6.03. The Labute approximate surface area is 114 Å². The van der Waals surface area contributed by atoms with Crippen LogP contribution in [-0.2, 0) is 0 Å². The number of rotatable bonds is 6. The highest BCUT2D eigenvalue weighted by Gasteiger charge is 2.18. The van der Waals surface area contributed by atoms with Crippen LogP contribution >= 0.6 is 12.6 Å². The summed E-state index contributed by atoms with van der Waals surface area (Å²) < 4.78 is 11.4. The number of methoxy groups -OCH3 is 1. The molecule has 0 saturated heterocycles. The molecular weight excluding hydrogens is 246 g/mol. The van der Waals surface area contributed by atoms with Gasteiger partial charge in [0.2, 0.25) is 0 Å². The van der Waals surface area contributed by atoms with Crippen LogP contribution < -0.4 is 14.8 Å². The standard InChI is InChI=1S/C14H20NO2S/c1-16-13-7-6-11(15-8-9-18)10-14(13)17-12-4-2-3-5-12/h6-7,10,12,15H,2-5,8-9H2,1H3. The van der Waals surface area contributed by atoms with Gasteiger partial charge in [-0.2, -0.15) is 0 Å². The summed E-state index contributed by atoms with van der Waals surface area (Å²) in [5.41, 5.74) is 1.04. The van der Waals surface area contributed by atoms with Crippen molar-refractivity contribution >= 4 is 18.3 Å². The van der Waals surface area contributed by atoms with Crippen molar-refractivity contribution < 1.29 is 9.47 Å². The van der Waals surface area contributed by atoms with Crippen LogP contribution in [0.1, 0.15) is 25.7 Å². The molecule has 1 aromatic rings. The molecule has 1 aliphatic rings. The van der Waals surface area contributed by atoms with Gasteiger partial charge < -0.3 is 14.8 Å². The lowest BCUT2D eigenvalue weighted by molar-refractivity contribution is 0.201. The van der Waals surface area contributed by atoms with E-state index in [9.17, 15) is 0 Å². The van der Waals surface area contributed by atoms with E-state index in [1.807, 2.05) is 18.2 Å². The number of hydrogen-bond acceptors (Lipinski definition) is 3. The molecule has 0 spiro atoms. The molecule has 1 aliphatic carbocycles. The fourth-order valence-electron chi connectivity index (χ4n) is 2.26. The second-order valence-corrected chi connectivity index (χ2v) is 4.93. The molecule has 0 aromatic heterocycles. The number of anilines is 1. The predicted octanol–water partition coefficient (Wildman–Crippen LogP) is 3.63. The minimum atomic E-state index is 0.341. The Morgan fingerprint density at radius 3 is 2.72 bits per heavy atom. The minimum absolute atomic E-state index is 0.341. The van der Waals surface area contributed by atoms with Gasteiger partial charge in [0.05, 0.1) is 13.2 Å². The third-order valence-electron chi connectivity index (χ3n) is 3.19. The van der Waals surface area contributed by atoms with E-state index >= 15 is 0 Å². The van der Waals surface area contributed by atoms with Crippen molar-refractivity contribution in [3.05, 3.63) is 18.2 Å². The minimum Gasteiger partial charge on any atom is -0.493 e. The van der Waals surface area contributed by atoms with E-state index in [1.165, 1.54) is 12.8 Å². The number of ether oxygens (including phenoxy) is 2. The quantitative estimate of drug-likeness (QED) is 0.853.